The second kappa shape index (κ2) is 3.85. The third kappa shape index (κ3) is 2.50. The Labute approximate surface area is 82.8 Å². The van der Waals surface area contributed by atoms with Crippen molar-refractivity contribution in [3.63, 3.8) is 0 Å². The Morgan fingerprint density at radius 3 is 2.54 bits per heavy atom. The van der Waals surface area contributed by atoms with E-state index in [0.29, 0.717) is 0 Å². The van der Waals surface area contributed by atoms with E-state index in [4.69, 9.17) is 5.26 Å². The Morgan fingerprint density at radius 2 is 2.00 bits per heavy atom. The number of benzene rings is 1. The lowest BCUT2D eigenvalue weighted by Gasteiger charge is -1.98. The van der Waals surface area contributed by atoms with Gasteiger partial charge in [0.25, 0.3) is 0 Å². The van der Waals surface area contributed by atoms with Crippen molar-refractivity contribution < 1.29 is 0 Å². The third-order valence-corrected chi connectivity index (χ3v) is 3.41. The second-order valence-corrected chi connectivity index (χ2v) is 4.48. The molecule has 0 aliphatic heterocycles. The number of nitriles is 1. The van der Waals surface area contributed by atoms with Gasteiger partial charge < -0.3 is 0 Å². The van der Waals surface area contributed by atoms with Crippen molar-refractivity contribution in [2.75, 3.05) is 5.75 Å². The Hall–Kier alpha value is -0.940. The lowest BCUT2D eigenvalue weighted by Crippen LogP contribution is -1.81. The zero-order valence-electron chi connectivity index (χ0n) is 7.36. The maximum Gasteiger partial charge on any atom is 0.0991 e. The lowest BCUT2D eigenvalue weighted by molar-refractivity contribution is 1.000. The average Bonchev–Trinajstić information content (AvgIpc) is 2.99. The van der Waals surface area contributed by atoms with Crippen molar-refractivity contribution in [3.8, 4) is 6.07 Å². The van der Waals surface area contributed by atoms with Gasteiger partial charge >= 0.3 is 0 Å². The molecule has 1 fully saturated rings. The van der Waals surface area contributed by atoms with E-state index in [0.717, 1.165) is 11.5 Å². The van der Waals surface area contributed by atoms with Gasteiger partial charge in [0, 0.05) is 10.6 Å². The Kier molecular flexibility index (Phi) is 2.56. The van der Waals surface area contributed by atoms with Crippen molar-refractivity contribution in [1.29, 1.82) is 5.26 Å². The molecule has 2 rings (SSSR count). The molecule has 2 heteroatoms. The Balaban J connectivity index is 1.93. The molecule has 66 valence electrons. The van der Waals surface area contributed by atoms with E-state index in [1.165, 1.54) is 23.5 Å². The number of hydrogen-bond acceptors (Lipinski definition) is 2. The van der Waals surface area contributed by atoms with E-state index in [9.17, 15) is 0 Å². The van der Waals surface area contributed by atoms with Crippen LogP contribution in [0.4, 0.5) is 0 Å². The lowest BCUT2D eigenvalue weighted by atomic mass is 10.2. The summed E-state index contributed by atoms with van der Waals surface area (Å²) in [5, 5.41) is 8.60. The van der Waals surface area contributed by atoms with Crippen LogP contribution >= 0.6 is 11.8 Å². The van der Waals surface area contributed by atoms with Gasteiger partial charge in [0.05, 0.1) is 11.6 Å². The maximum atomic E-state index is 8.60. The van der Waals surface area contributed by atoms with Gasteiger partial charge in [-0.2, -0.15) is 5.26 Å². The molecule has 0 saturated heterocycles. The molecular formula is C11H11NS. The smallest absolute Gasteiger partial charge is 0.0991 e. The summed E-state index contributed by atoms with van der Waals surface area (Å²) in [6.45, 7) is 0. The van der Waals surface area contributed by atoms with Crippen molar-refractivity contribution in [2.45, 2.75) is 17.7 Å². The molecule has 0 aromatic heterocycles. The maximum absolute atomic E-state index is 8.60. The highest BCUT2D eigenvalue weighted by Crippen LogP contribution is 2.34. The van der Waals surface area contributed by atoms with Crippen LogP contribution in [0.15, 0.2) is 29.2 Å². The predicted molar refractivity (Wildman–Crippen MR) is 54.6 cm³/mol. The van der Waals surface area contributed by atoms with Gasteiger partial charge in [-0.05, 0) is 43.0 Å². The zero-order chi connectivity index (χ0) is 9.10. The fourth-order valence-corrected chi connectivity index (χ4v) is 2.21. The molecule has 0 bridgehead atoms. The van der Waals surface area contributed by atoms with E-state index >= 15 is 0 Å². The van der Waals surface area contributed by atoms with Gasteiger partial charge in [0.15, 0.2) is 0 Å². The van der Waals surface area contributed by atoms with Crippen molar-refractivity contribution >= 4 is 11.8 Å². The van der Waals surface area contributed by atoms with Crippen molar-refractivity contribution in [2.24, 2.45) is 5.92 Å². The first-order valence-corrected chi connectivity index (χ1v) is 5.50. The molecular weight excluding hydrogens is 178 g/mol. The summed E-state index contributed by atoms with van der Waals surface area (Å²) in [6.07, 6.45) is 2.81. The van der Waals surface area contributed by atoms with Crippen LogP contribution < -0.4 is 0 Å². The molecule has 13 heavy (non-hydrogen) atoms. The summed E-state index contributed by atoms with van der Waals surface area (Å²) in [7, 11) is 0. The van der Waals surface area contributed by atoms with Gasteiger partial charge in [-0.1, -0.05) is 0 Å². The molecule has 1 saturated carbocycles. The molecule has 1 aliphatic rings. The average molecular weight is 189 g/mol. The van der Waals surface area contributed by atoms with Gasteiger partial charge in [-0.15, -0.1) is 11.8 Å². The van der Waals surface area contributed by atoms with Gasteiger partial charge in [0.1, 0.15) is 0 Å². The van der Waals surface area contributed by atoms with E-state index in [1.807, 2.05) is 36.0 Å². The number of nitrogens with zero attached hydrogens (tertiary/aromatic N) is 1. The second-order valence-electron chi connectivity index (χ2n) is 3.39. The van der Waals surface area contributed by atoms with Crippen LogP contribution in [0.25, 0.3) is 0 Å². The topological polar surface area (TPSA) is 23.8 Å². The first-order chi connectivity index (χ1) is 6.38. The standard InChI is InChI=1S/C11H11NS/c12-7-9-3-5-11(6-4-9)13-8-10-1-2-10/h3-6,10H,1-2,8H2. The van der Waals surface area contributed by atoms with Gasteiger partial charge in [0.2, 0.25) is 0 Å². The number of hydrogen-bond donors (Lipinski definition) is 0. The minimum absolute atomic E-state index is 0.746. The quantitative estimate of drug-likeness (QED) is 0.682. The molecule has 0 atom stereocenters. The van der Waals surface area contributed by atoms with Crippen molar-refractivity contribution in [1.82, 2.24) is 0 Å². The minimum atomic E-state index is 0.746. The highest BCUT2D eigenvalue weighted by molar-refractivity contribution is 7.99. The van der Waals surface area contributed by atoms with E-state index in [-0.39, 0.29) is 0 Å². The fourth-order valence-electron chi connectivity index (χ4n) is 1.12. The van der Waals surface area contributed by atoms with Crippen LogP contribution in [0.3, 0.4) is 0 Å². The molecule has 1 nitrogen and oxygen atoms in total. The monoisotopic (exact) mass is 189 g/mol. The van der Waals surface area contributed by atoms with E-state index in [1.54, 1.807) is 0 Å². The number of rotatable bonds is 3. The minimum Gasteiger partial charge on any atom is -0.192 e. The van der Waals surface area contributed by atoms with E-state index in [2.05, 4.69) is 6.07 Å². The number of thioether (sulfide) groups is 1. The van der Waals surface area contributed by atoms with Crippen LogP contribution in [0.1, 0.15) is 18.4 Å². The molecule has 0 unspecified atom stereocenters. The summed E-state index contributed by atoms with van der Waals surface area (Å²) in [5.74, 6) is 2.20. The summed E-state index contributed by atoms with van der Waals surface area (Å²) in [4.78, 5) is 1.28. The zero-order valence-corrected chi connectivity index (χ0v) is 8.18. The van der Waals surface area contributed by atoms with Crippen LogP contribution in [0.5, 0.6) is 0 Å². The molecule has 0 heterocycles. The van der Waals surface area contributed by atoms with Crippen LogP contribution in [0.2, 0.25) is 0 Å². The largest absolute Gasteiger partial charge is 0.192 e. The molecule has 0 spiro atoms. The van der Waals surface area contributed by atoms with Gasteiger partial charge in [-0.25, -0.2) is 0 Å². The molecule has 0 amide bonds. The molecule has 0 radical (unpaired) electrons. The first kappa shape index (κ1) is 8.65. The van der Waals surface area contributed by atoms with Crippen molar-refractivity contribution in [3.05, 3.63) is 29.8 Å². The highest BCUT2D eigenvalue weighted by Gasteiger charge is 2.20. The van der Waals surface area contributed by atoms with Crippen LogP contribution in [-0.2, 0) is 0 Å². The summed E-state index contributed by atoms with van der Waals surface area (Å²) >= 11 is 1.90. The summed E-state index contributed by atoms with van der Waals surface area (Å²) in [6, 6.07) is 9.96. The molecule has 0 N–H and O–H groups in total. The fraction of sp³-hybridized carbons (Fsp3) is 0.364. The van der Waals surface area contributed by atoms with Gasteiger partial charge in [-0.3, -0.25) is 0 Å². The van der Waals surface area contributed by atoms with Crippen LogP contribution in [0, 0.1) is 17.2 Å². The predicted octanol–water partition coefficient (Wildman–Crippen LogP) is 3.06. The first-order valence-electron chi connectivity index (χ1n) is 4.51. The SMILES string of the molecule is N#Cc1ccc(SCC2CC2)cc1. The Bertz CT molecular complexity index is 319. The van der Waals surface area contributed by atoms with Crippen LogP contribution in [-0.4, -0.2) is 5.75 Å². The third-order valence-electron chi connectivity index (χ3n) is 2.17. The summed E-state index contributed by atoms with van der Waals surface area (Å²) in [5.41, 5.74) is 0.746. The Morgan fingerprint density at radius 1 is 1.31 bits per heavy atom. The summed E-state index contributed by atoms with van der Waals surface area (Å²) < 4.78 is 0. The molecule has 1 aromatic carbocycles. The van der Waals surface area contributed by atoms with E-state index < -0.39 is 0 Å². The highest BCUT2D eigenvalue weighted by atomic mass is 32.2. The molecule has 1 aliphatic carbocycles. The normalized spacial score (nSPS) is 15.3. The molecule has 1 aromatic rings.